The molecule has 0 heterocycles. The predicted octanol–water partition coefficient (Wildman–Crippen LogP) is 2.73. The Morgan fingerprint density at radius 2 is 2.33 bits per heavy atom. The van der Waals surface area contributed by atoms with Crippen LogP contribution in [0.5, 0.6) is 0 Å². The number of allylic oxidation sites excluding steroid dienone is 1. The highest BCUT2D eigenvalue weighted by Crippen LogP contribution is 2.24. The third-order valence-electron chi connectivity index (χ3n) is 2.73. The molecule has 0 amide bonds. The lowest BCUT2D eigenvalue weighted by Gasteiger charge is -2.27. The molecule has 70 valence electrons. The van der Waals surface area contributed by atoms with Crippen molar-refractivity contribution < 1.29 is 0 Å². The van der Waals surface area contributed by atoms with E-state index in [-0.39, 0.29) is 0 Å². The molecule has 1 rings (SSSR count). The van der Waals surface area contributed by atoms with Gasteiger partial charge in [0.15, 0.2) is 0 Å². The number of hydrogen-bond donors (Lipinski definition) is 1. The van der Waals surface area contributed by atoms with Gasteiger partial charge in [-0.25, -0.2) is 0 Å². The summed E-state index contributed by atoms with van der Waals surface area (Å²) in [6.07, 6.45) is 8.77. The maximum absolute atomic E-state index is 3.87. The zero-order chi connectivity index (χ0) is 8.81. The van der Waals surface area contributed by atoms with Crippen molar-refractivity contribution in [3.05, 3.63) is 12.7 Å². The van der Waals surface area contributed by atoms with E-state index in [1.165, 1.54) is 38.6 Å². The molecule has 0 aliphatic heterocycles. The number of rotatable bonds is 4. The van der Waals surface area contributed by atoms with Crippen LogP contribution in [0.3, 0.4) is 0 Å². The lowest BCUT2D eigenvalue weighted by molar-refractivity contribution is 0.324. The fraction of sp³-hybridized carbons (Fsp3) is 0.818. The Bertz CT molecular complexity index is 131. The van der Waals surface area contributed by atoms with Gasteiger partial charge in [-0.05, 0) is 38.1 Å². The van der Waals surface area contributed by atoms with Gasteiger partial charge < -0.3 is 5.32 Å². The minimum Gasteiger partial charge on any atom is -0.314 e. The molecule has 0 radical (unpaired) electrons. The summed E-state index contributed by atoms with van der Waals surface area (Å²) >= 11 is 0. The maximum Gasteiger partial charge on any atom is 0.00726 e. The third-order valence-corrected chi connectivity index (χ3v) is 2.73. The van der Waals surface area contributed by atoms with Gasteiger partial charge >= 0.3 is 0 Å². The van der Waals surface area contributed by atoms with Gasteiger partial charge in [-0.2, -0.15) is 0 Å². The lowest BCUT2D eigenvalue weighted by atomic mass is 9.86. The Balaban J connectivity index is 2.20. The molecular weight excluding hydrogens is 146 g/mol. The highest BCUT2D eigenvalue weighted by atomic mass is 14.9. The van der Waals surface area contributed by atoms with Crippen LogP contribution in [0.1, 0.15) is 39.0 Å². The molecule has 1 aliphatic carbocycles. The van der Waals surface area contributed by atoms with Crippen LogP contribution >= 0.6 is 0 Å². The summed E-state index contributed by atoms with van der Waals surface area (Å²) in [5.74, 6) is 0.771. The highest BCUT2D eigenvalue weighted by molar-refractivity contribution is 4.87. The van der Waals surface area contributed by atoms with Crippen molar-refractivity contribution in [3.8, 4) is 0 Å². The molecule has 0 spiro atoms. The Kier molecular flexibility index (Phi) is 4.37. The van der Waals surface area contributed by atoms with E-state index in [2.05, 4.69) is 24.9 Å². The molecule has 0 bridgehead atoms. The summed E-state index contributed by atoms with van der Waals surface area (Å²) in [4.78, 5) is 0. The van der Waals surface area contributed by atoms with E-state index in [1.807, 2.05) is 0 Å². The van der Waals surface area contributed by atoms with Crippen LogP contribution in [0.2, 0.25) is 0 Å². The van der Waals surface area contributed by atoms with Crippen molar-refractivity contribution in [1.82, 2.24) is 5.32 Å². The van der Waals surface area contributed by atoms with E-state index in [1.54, 1.807) is 0 Å². The highest BCUT2D eigenvalue weighted by Gasteiger charge is 2.18. The smallest absolute Gasteiger partial charge is 0.00726 e. The first-order valence-corrected chi connectivity index (χ1v) is 5.22. The summed E-state index contributed by atoms with van der Waals surface area (Å²) in [7, 11) is 0. The SMILES string of the molecule is C=CC1CCCC(NCCC)C1. The van der Waals surface area contributed by atoms with Crippen molar-refractivity contribution in [3.63, 3.8) is 0 Å². The van der Waals surface area contributed by atoms with Crippen molar-refractivity contribution >= 4 is 0 Å². The van der Waals surface area contributed by atoms with Crippen molar-refractivity contribution in [2.24, 2.45) is 5.92 Å². The van der Waals surface area contributed by atoms with Crippen molar-refractivity contribution in [2.45, 2.75) is 45.1 Å². The predicted molar refractivity (Wildman–Crippen MR) is 54.2 cm³/mol. The van der Waals surface area contributed by atoms with Crippen LogP contribution in [0.25, 0.3) is 0 Å². The molecule has 1 aliphatic rings. The van der Waals surface area contributed by atoms with E-state index in [0.717, 1.165) is 12.0 Å². The van der Waals surface area contributed by atoms with Gasteiger partial charge in [0, 0.05) is 6.04 Å². The van der Waals surface area contributed by atoms with Crippen LogP contribution in [0, 0.1) is 5.92 Å². The molecule has 1 saturated carbocycles. The molecule has 1 nitrogen and oxygen atoms in total. The zero-order valence-electron chi connectivity index (χ0n) is 8.18. The first kappa shape index (κ1) is 9.79. The minimum absolute atomic E-state index is 0.765. The van der Waals surface area contributed by atoms with Gasteiger partial charge in [0.05, 0.1) is 0 Å². The van der Waals surface area contributed by atoms with E-state index < -0.39 is 0 Å². The molecule has 2 unspecified atom stereocenters. The van der Waals surface area contributed by atoms with Gasteiger partial charge in [-0.3, -0.25) is 0 Å². The van der Waals surface area contributed by atoms with E-state index >= 15 is 0 Å². The van der Waals surface area contributed by atoms with Crippen molar-refractivity contribution in [1.29, 1.82) is 0 Å². The maximum atomic E-state index is 3.87. The monoisotopic (exact) mass is 167 g/mol. The summed E-state index contributed by atoms with van der Waals surface area (Å²) in [6, 6.07) is 0.765. The average Bonchev–Trinajstić information content (AvgIpc) is 2.15. The third kappa shape index (κ3) is 2.98. The van der Waals surface area contributed by atoms with E-state index in [9.17, 15) is 0 Å². The van der Waals surface area contributed by atoms with Crippen LogP contribution < -0.4 is 5.32 Å². The van der Waals surface area contributed by atoms with Crippen LogP contribution in [-0.2, 0) is 0 Å². The quantitative estimate of drug-likeness (QED) is 0.635. The average molecular weight is 167 g/mol. The van der Waals surface area contributed by atoms with Crippen LogP contribution in [0.4, 0.5) is 0 Å². The second kappa shape index (κ2) is 5.36. The number of hydrogen-bond acceptors (Lipinski definition) is 1. The second-order valence-corrected chi connectivity index (χ2v) is 3.81. The minimum atomic E-state index is 0.765. The molecule has 0 aromatic carbocycles. The topological polar surface area (TPSA) is 12.0 Å². The molecule has 0 aromatic rings. The Morgan fingerprint density at radius 3 is 3.00 bits per heavy atom. The largest absolute Gasteiger partial charge is 0.314 e. The van der Waals surface area contributed by atoms with Crippen molar-refractivity contribution in [2.75, 3.05) is 6.54 Å². The standard InChI is InChI=1S/C11H21N/c1-3-8-12-11-7-5-6-10(4-2)9-11/h4,10-12H,2-3,5-9H2,1H3. The fourth-order valence-corrected chi connectivity index (χ4v) is 1.98. The van der Waals surface area contributed by atoms with Crippen LogP contribution in [-0.4, -0.2) is 12.6 Å². The summed E-state index contributed by atoms with van der Waals surface area (Å²) in [5, 5.41) is 3.59. The first-order chi connectivity index (χ1) is 5.86. The number of nitrogens with one attached hydrogen (secondary N) is 1. The summed E-state index contributed by atoms with van der Waals surface area (Å²) < 4.78 is 0. The Morgan fingerprint density at radius 1 is 1.50 bits per heavy atom. The molecule has 1 fully saturated rings. The van der Waals surface area contributed by atoms with Gasteiger partial charge in [-0.15, -0.1) is 6.58 Å². The Hall–Kier alpha value is -0.300. The first-order valence-electron chi connectivity index (χ1n) is 5.22. The molecule has 0 aromatic heterocycles. The van der Waals surface area contributed by atoms with Gasteiger partial charge in [0.2, 0.25) is 0 Å². The molecule has 1 N–H and O–H groups in total. The van der Waals surface area contributed by atoms with E-state index in [0.29, 0.717) is 0 Å². The molecule has 12 heavy (non-hydrogen) atoms. The van der Waals surface area contributed by atoms with Gasteiger partial charge in [-0.1, -0.05) is 19.4 Å². The molecule has 2 atom stereocenters. The molecular formula is C11H21N. The zero-order valence-corrected chi connectivity index (χ0v) is 8.18. The Labute approximate surface area is 76.2 Å². The fourth-order valence-electron chi connectivity index (χ4n) is 1.98. The van der Waals surface area contributed by atoms with E-state index in [4.69, 9.17) is 0 Å². The van der Waals surface area contributed by atoms with Gasteiger partial charge in [0.25, 0.3) is 0 Å². The molecule has 0 saturated heterocycles. The van der Waals surface area contributed by atoms with Crippen LogP contribution in [0.15, 0.2) is 12.7 Å². The summed E-state index contributed by atoms with van der Waals surface area (Å²) in [5.41, 5.74) is 0. The lowest BCUT2D eigenvalue weighted by Crippen LogP contribution is -2.34. The normalized spacial score (nSPS) is 30.1. The molecule has 1 heteroatoms. The second-order valence-electron chi connectivity index (χ2n) is 3.81. The summed E-state index contributed by atoms with van der Waals surface area (Å²) in [6.45, 7) is 7.27. The van der Waals surface area contributed by atoms with Gasteiger partial charge in [0.1, 0.15) is 0 Å².